The van der Waals surface area contributed by atoms with Crippen molar-refractivity contribution in [2.45, 2.75) is 119 Å². The van der Waals surface area contributed by atoms with E-state index < -0.39 is 86.9 Å². The van der Waals surface area contributed by atoms with Crippen LogP contribution in [-0.2, 0) is 42.9 Å². The highest BCUT2D eigenvalue weighted by molar-refractivity contribution is 6.08. The lowest BCUT2D eigenvalue weighted by Gasteiger charge is -2.54. The quantitative estimate of drug-likeness (QED) is 0.403. The largest absolute Gasteiger partial charge is 0.456 e. The SMILES string of the molecule is CC1C(=O)OC2C1OC13OC4(CCC5(C)C(=O)C(C)(O)C2(O)C51)CC12OC(=O)CC1OC(C)(C)C2CC=C4C3=O. The molecule has 0 radical (unpaired) electrons. The van der Waals surface area contributed by atoms with Crippen molar-refractivity contribution in [3.8, 4) is 0 Å². The maximum absolute atomic E-state index is 14.7. The number of esters is 2. The van der Waals surface area contributed by atoms with Crippen molar-refractivity contribution < 1.29 is 53.1 Å². The predicted octanol–water partition coefficient (Wildman–Crippen LogP) is 0.662. The van der Waals surface area contributed by atoms with Gasteiger partial charge in [-0.3, -0.25) is 19.2 Å². The molecule has 2 bridgehead atoms. The molecule has 6 aliphatic heterocycles. The lowest BCUT2D eigenvalue weighted by molar-refractivity contribution is -0.369. The van der Waals surface area contributed by atoms with E-state index in [4.69, 9.17) is 23.7 Å². The second-order valence-corrected chi connectivity index (χ2v) is 14.3. The molecular weight excluding hydrogens is 524 g/mol. The summed E-state index contributed by atoms with van der Waals surface area (Å²) >= 11 is 0. The van der Waals surface area contributed by atoms with Gasteiger partial charge in [-0.05, 0) is 47.0 Å². The Balaban J connectivity index is 1.35. The van der Waals surface area contributed by atoms with E-state index in [9.17, 15) is 29.4 Å². The predicted molar refractivity (Wildman–Crippen MR) is 130 cm³/mol. The molecule has 7 fully saturated rings. The molecular formula is C29H34O11. The fourth-order valence-corrected chi connectivity index (χ4v) is 10.3. The lowest BCUT2D eigenvalue weighted by atomic mass is 9.60. The fraction of sp³-hybridized carbons (Fsp3) is 0.793. The van der Waals surface area contributed by atoms with Crippen molar-refractivity contribution in [1.82, 2.24) is 0 Å². The van der Waals surface area contributed by atoms with Gasteiger partial charge in [0.15, 0.2) is 17.5 Å². The van der Waals surface area contributed by atoms with Crippen molar-refractivity contribution in [2.75, 3.05) is 0 Å². The molecule has 1 saturated carbocycles. The third-order valence-corrected chi connectivity index (χ3v) is 12.0. The van der Waals surface area contributed by atoms with Crippen LogP contribution < -0.4 is 0 Å². The zero-order valence-corrected chi connectivity index (χ0v) is 23.1. The van der Waals surface area contributed by atoms with E-state index >= 15 is 0 Å². The summed E-state index contributed by atoms with van der Waals surface area (Å²) in [6, 6.07) is 0. The molecule has 11 heteroatoms. The van der Waals surface area contributed by atoms with Gasteiger partial charge in [0.1, 0.15) is 29.0 Å². The van der Waals surface area contributed by atoms with Gasteiger partial charge in [0, 0.05) is 23.3 Å². The molecule has 0 aromatic rings. The number of Topliss-reactive ketones (excluding diaryl/α,β-unsaturated/α-hetero) is 2. The minimum atomic E-state index is -2.35. The Morgan fingerprint density at radius 2 is 1.73 bits per heavy atom. The van der Waals surface area contributed by atoms with Gasteiger partial charge in [-0.1, -0.05) is 13.0 Å². The first kappa shape index (κ1) is 25.5. The Morgan fingerprint density at radius 3 is 2.45 bits per heavy atom. The van der Waals surface area contributed by atoms with Gasteiger partial charge < -0.3 is 33.9 Å². The highest BCUT2D eigenvalue weighted by Crippen LogP contribution is 2.72. The number of fused-ring (bicyclic) bond motifs is 2. The van der Waals surface area contributed by atoms with Crippen molar-refractivity contribution in [1.29, 1.82) is 0 Å². The number of aliphatic hydroxyl groups is 2. The standard InChI is InChI=1S/C29H34O11/c1-12-17-19(36-20(12)32)28(35)21-24(4,22(33)25(28,5)34)8-9-26-11-27-14(23(2,3)37-15(27)10-16(30)38-27)7-6-13(26)18(31)29(21,39-17)40-26/h6,12,14-15,17,19,21,34-35H,7-11H2,1-5H3. The van der Waals surface area contributed by atoms with Gasteiger partial charge in [0.05, 0.1) is 23.9 Å². The average molecular weight is 559 g/mol. The first-order chi connectivity index (χ1) is 18.5. The molecule has 8 aliphatic rings. The summed E-state index contributed by atoms with van der Waals surface area (Å²) in [6.45, 7) is 8.31. The van der Waals surface area contributed by atoms with Gasteiger partial charge in [0.2, 0.25) is 11.6 Å². The summed E-state index contributed by atoms with van der Waals surface area (Å²) in [4.78, 5) is 54.2. The molecule has 40 heavy (non-hydrogen) atoms. The van der Waals surface area contributed by atoms with Crippen molar-refractivity contribution in [2.24, 2.45) is 23.2 Å². The van der Waals surface area contributed by atoms with E-state index in [1.165, 1.54) is 6.92 Å². The van der Waals surface area contributed by atoms with Crippen LogP contribution in [0.1, 0.15) is 66.7 Å². The third-order valence-electron chi connectivity index (χ3n) is 12.0. The highest BCUT2D eigenvalue weighted by Gasteiger charge is 2.89. The van der Waals surface area contributed by atoms with Crippen molar-refractivity contribution in [3.63, 3.8) is 0 Å². The van der Waals surface area contributed by atoms with Crippen molar-refractivity contribution in [3.05, 3.63) is 11.6 Å². The maximum atomic E-state index is 14.7. The minimum absolute atomic E-state index is 0.0864. The molecule has 0 aromatic heterocycles. The molecule has 216 valence electrons. The molecule has 0 amide bonds. The fourth-order valence-electron chi connectivity index (χ4n) is 10.3. The molecule has 0 aromatic carbocycles. The molecule has 2 N–H and O–H groups in total. The Labute approximate surface area is 230 Å². The van der Waals surface area contributed by atoms with Crippen LogP contribution in [0.4, 0.5) is 0 Å². The number of allylic oxidation sites excluding steroid dienone is 1. The number of hydrogen-bond acceptors (Lipinski definition) is 11. The highest BCUT2D eigenvalue weighted by atomic mass is 16.7. The molecule has 11 nitrogen and oxygen atoms in total. The van der Waals surface area contributed by atoms with Gasteiger partial charge >= 0.3 is 11.9 Å². The lowest BCUT2D eigenvalue weighted by Crippen LogP contribution is -2.74. The molecule has 12 atom stereocenters. The van der Waals surface area contributed by atoms with Crippen LogP contribution in [0.2, 0.25) is 0 Å². The van der Waals surface area contributed by atoms with E-state index in [-0.39, 0.29) is 37.6 Å². The molecule has 6 heterocycles. The Bertz CT molecular complexity index is 1370. The topological polar surface area (TPSA) is 155 Å². The second-order valence-electron chi connectivity index (χ2n) is 14.3. The van der Waals surface area contributed by atoms with Crippen molar-refractivity contribution >= 4 is 23.5 Å². The molecule has 8 rings (SSSR count). The maximum Gasteiger partial charge on any atom is 0.311 e. The third kappa shape index (κ3) is 2.35. The van der Waals surface area contributed by atoms with Gasteiger partial charge in [-0.25, -0.2) is 0 Å². The van der Waals surface area contributed by atoms with Gasteiger partial charge in [-0.15, -0.1) is 0 Å². The molecule has 6 saturated heterocycles. The first-order valence-electron chi connectivity index (χ1n) is 14.2. The number of ether oxygens (including phenoxy) is 5. The van der Waals surface area contributed by atoms with E-state index in [2.05, 4.69) is 0 Å². The van der Waals surface area contributed by atoms with Crippen LogP contribution >= 0.6 is 0 Å². The minimum Gasteiger partial charge on any atom is -0.456 e. The summed E-state index contributed by atoms with van der Waals surface area (Å²) < 4.78 is 31.4. The van der Waals surface area contributed by atoms with E-state index in [1.807, 2.05) is 19.9 Å². The monoisotopic (exact) mass is 558 g/mol. The van der Waals surface area contributed by atoms with E-state index in [0.29, 0.717) is 12.0 Å². The Hall–Kier alpha value is -2.18. The Morgan fingerprint density at radius 1 is 1.00 bits per heavy atom. The van der Waals surface area contributed by atoms with Crippen LogP contribution in [0, 0.1) is 23.2 Å². The summed E-state index contributed by atoms with van der Waals surface area (Å²) in [5.74, 6) is -6.88. The summed E-state index contributed by atoms with van der Waals surface area (Å²) in [7, 11) is 0. The van der Waals surface area contributed by atoms with Crippen LogP contribution in [0.15, 0.2) is 11.6 Å². The normalized spacial score (nSPS) is 58.6. The number of rotatable bonds is 0. The van der Waals surface area contributed by atoms with E-state index in [0.717, 1.165) is 0 Å². The molecule has 12 unspecified atom stereocenters. The Kier molecular flexibility index (Phi) is 4.29. The zero-order chi connectivity index (χ0) is 28.6. The van der Waals surface area contributed by atoms with Crippen LogP contribution in [0.25, 0.3) is 0 Å². The van der Waals surface area contributed by atoms with Crippen LogP contribution in [0.3, 0.4) is 0 Å². The summed E-state index contributed by atoms with van der Waals surface area (Å²) in [5, 5.41) is 24.1. The van der Waals surface area contributed by atoms with Gasteiger partial charge in [0.25, 0.3) is 0 Å². The number of carbonyl (C=O) groups is 4. The zero-order valence-electron chi connectivity index (χ0n) is 23.1. The number of carbonyl (C=O) groups excluding carboxylic acids is 4. The summed E-state index contributed by atoms with van der Waals surface area (Å²) in [5.41, 5.74) is -8.79. The smallest absolute Gasteiger partial charge is 0.311 e. The first-order valence-corrected chi connectivity index (χ1v) is 14.2. The average Bonchev–Trinajstić information content (AvgIpc) is 3.41. The molecule has 3 spiro atoms. The van der Waals surface area contributed by atoms with Crippen LogP contribution in [0.5, 0.6) is 0 Å². The number of ketones is 2. The molecule has 2 aliphatic carbocycles. The van der Waals surface area contributed by atoms with Gasteiger partial charge in [-0.2, -0.15) is 0 Å². The van der Waals surface area contributed by atoms with Crippen LogP contribution in [-0.4, -0.2) is 85.8 Å². The van der Waals surface area contributed by atoms with E-state index in [1.54, 1.807) is 13.8 Å². The number of hydrogen-bond donors (Lipinski definition) is 2. The summed E-state index contributed by atoms with van der Waals surface area (Å²) in [6.07, 6.45) is -0.306. The second kappa shape index (κ2) is 6.72.